The Labute approximate surface area is 135 Å². The Bertz CT molecular complexity index is 555. The number of phenolic OH excluding ortho intramolecular Hbond substituents is 1. The molecule has 6 heteroatoms. The minimum absolute atomic E-state index is 0.200. The zero-order chi connectivity index (χ0) is 15.6. The van der Waals surface area contributed by atoms with Gasteiger partial charge in [0.2, 0.25) is 6.21 Å². The minimum atomic E-state index is -0.205. The number of thioether (sulfide) groups is 1. The Balaban J connectivity index is 2.31. The molecule has 1 aromatic rings. The van der Waals surface area contributed by atoms with Crippen LogP contribution in [0.3, 0.4) is 0 Å². The van der Waals surface area contributed by atoms with Crippen LogP contribution < -0.4 is 0 Å². The van der Waals surface area contributed by atoms with Crippen molar-refractivity contribution in [3.63, 3.8) is 0 Å². The summed E-state index contributed by atoms with van der Waals surface area (Å²) in [6.45, 7) is 7.08. The van der Waals surface area contributed by atoms with E-state index in [2.05, 4.69) is 25.7 Å². The van der Waals surface area contributed by atoms with Gasteiger partial charge in [0.15, 0.2) is 0 Å². The molecule has 0 amide bonds. The van der Waals surface area contributed by atoms with Crippen molar-refractivity contribution in [1.82, 2.24) is 4.90 Å². The van der Waals surface area contributed by atoms with Crippen LogP contribution in [0.4, 0.5) is 0 Å². The van der Waals surface area contributed by atoms with Gasteiger partial charge >= 0.3 is 0 Å². The predicted molar refractivity (Wildman–Crippen MR) is 90.4 cm³/mol. The molecule has 1 unspecified atom stereocenters. The number of hydroxylamine groups is 1. The van der Waals surface area contributed by atoms with Crippen molar-refractivity contribution >= 4 is 34.5 Å². The van der Waals surface area contributed by atoms with Gasteiger partial charge in [-0.3, -0.25) is 10.1 Å². The van der Waals surface area contributed by atoms with Crippen molar-refractivity contribution in [2.45, 2.75) is 38.1 Å². The zero-order valence-electron chi connectivity index (χ0n) is 12.5. The fraction of sp³-hybridized carbons (Fsp3) is 0.467. The molecule has 0 aliphatic carbocycles. The van der Waals surface area contributed by atoms with Gasteiger partial charge in [-0.2, -0.15) is 0 Å². The monoisotopic (exact) mass is 325 g/mol. The van der Waals surface area contributed by atoms with Gasteiger partial charge < -0.3 is 5.11 Å². The standard InChI is InChI=1S/C15H20N2O2S2/c1-4-9-16-13(15(2,3)21-14(16)20)17(19)10-11-5-7-12(18)8-6-11/h5-8,10,13,19H,4,9H2,1-3H3/p+1. The quantitative estimate of drug-likeness (QED) is 0.293. The third-order valence-corrected chi connectivity index (χ3v) is 5.02. The number of phenols is 1. The molecule has 1 saturated heterocycles. The van der Waals surface area contributed by atoms with Crippen molar-refractivity contribution in [3.05, 3.63) is 29.8 Å². The van der Waals surface area contributed by atoms with Crippen LogP contribution in [0.25, 0.3) is 0 Å². The molecule has 21 heavy (non-hydrogen) atoms. The maximum absolute atomic E-state index is 10.5. The molecule has 1 aliphatic heterocycles. The molecule has 1 aromatic carbocycles. The Morgan fingerprint density at radius 3 is 2.57 bits per heavy atom. The lowest BCUT2D eigenvalue weighted by molar-refractivity contribution is -0.808. The highest BCUT2D eigenvalue weighted by Gasteiger charge is 2.52. The Morgan fingerprint density at radius 1 is 1.38 bits per heavy atom. The van der Waals surface area contributed by atoms with Gasteiger partial charge in [0, 0.05) is 12.1 Å². The molecule has 0 bridgehead atoms. The molecule has 1 heterocycles. The van der Waals surface area contributed by atoms with Crippen LogP contribution in [0, 0.1) is 0 Å². The number of benzene rings is 1. The largest absolute Gasteiger partial charge is 0.508 e. The van der Waals surface area contributed by atoms with Crippen molar-refractivity contribution in [2.24, 2.45) is 0 Å². The molecule has 1 fully saturated rings. The number of nitrogens with zero attached hydrogens (tertiary/aromatic N) is 2. The van der Waals surface area contributed by atoms with Gasteiger partial charge in [-0.1, -0.05) is 30.9 Å². The lowest BCUT2D eigenvalue weighted by Crippen LogP contribution is -2.48. The van der Waals surface area contributed by atoms with Crippen molar-refractivity contribution in [1.29, 1.82) is 0 Å². The Hall–Kier alpha value is -1.27. The van der Waals surface area contributed by atoms with Crippen molar-refractivity contribution < 1.29 is 15.1 Å². The summed E-state index contributed by atoms with van der Waals surface area (Å²) in [7, 11) is 0. The van der Waals surface area contributed by atoms with Gasteiger partial charge in [0.1, 0.15) is 14.8 Å². The fourth-order valence-corrected chi connectivity index (χ4v) is 4.45. The van der Waals surface area contributed by atoms with Crippen LogP contribution in [-0.2, 0) is 0 Å². The van der Waals surface area contributed by atoms with Crippen LogP contribution in [-0.4, -0.2) is 47.9 Å². The van der Waals surface area contributed by atoms with Gasteiger partial charge in [-0.25, -0.2) is 0 Å². The summed E-state index contributed by atoms with van der Waals surface area (Å²) in [6.07, 6.45) is 2.44. The second-order valence-electron chi connectivity index (χ2n) is 5.64. The van der Waals surface area contributed by atoms with E-state index in [0.29, 0.717) is 0 Å². The van der Waals surface area contributed by atoms with E-state index in [-0.39, 0.29) is 16.7 Å². The Morgan fingerprint density at radius 2 is 2.00 bits per heavy atom. The van der Waals surface area contributed by atoms with E-state index >= 15 is 0 Å². The van der Waals surface area contributed by atoms with Crippen LogP contribution >= 0.6 is 24.0 Å². The topological polar surface area (TPSA) is 46.7 Å². The fourth-order valence-electron chi connectivity index (χ4n) is 2.51. The number of rotatable bonds is 4. The van der Waals surface area contributed by atoms with Gasteiger partial charge in [0.25, 0.3) is 6.17 Å². The normalized spacial score (nSPS) is 21.9. The van der Waals surface area contributed by atoms with Crippen LogP contribution in [0.2, 0.25) is 0 Å². The molecule has 1 aliphatic rings. The predicted octanol–water partition coefficient (Wildman–Crippen LogP) is 3.06. The first-order valence-electron chi connectivity index (χ1n) is 6.96. The van der Waals surface area contributed by atoms with E-state index in [1.165, 1.54) is 4.74 Å². The molecule has 0 radical (unpaired) electrons. The lowest BCUT2D eigenvalue weighted by atomic mass is 10.1. The summed E-state index contributed by atoms with van der Waals surface area (Å²) < 4.78 is 1.85. The summed E-state index contributed by atoms with van der Waals surface area (Å²) >= 11 is 7.05. The molecule has 0 spiro atoms. The highest BCUT2D eigenvalue weighted by atomic mass is 32.2. The van der Waals surface area contributed by atoms with E-state index in [1.54, 1.807) is 42.2 Å². The summed E-state index contributed by atoms with van der Waals surface area (Å²) in [5.41, 5.74) is 0.824. The number of aromatic hydroxyl groups is 1. The maximum Gasteiger partial charge on any atom is 0.292 e. The lowest BCUT2D eigenvalue weighted by Gasteiger charge is -2.24. The molecule has 0 saturated carbocycles. The smallest absolute Gasteiger partial charge is 0.292 e. The van der Waals surface area contributed by atoms with Gasteiger partial charge in [-0.15, -0.1) is 0 Å². The maximum atomic E-state index is 10.5. The third kappa shape index (κ3) is 3.49. The average Bonchev–Trinajstić information content (AvgIpc) is 2.62. The second kappa shape index (κ2) is 6.23. The first-order chi connectivity index (χ1) is 9.85. The highest BCUT2D eigenvalue weighted by molar-refractivity contribution is 8.24. The molecule has 2 N–H and O–H groups in total. The molecule has 1 atom stereocenters. The summed E-state index contributed by atoms with van der Waals surface area (Å²) in [5.74, 6) is 0.210. The van der Waals surface area contributed by atoms with E-state index in [0.717, 1.165) is 22.8 Å². The first-order valence-corrected chi connectivity index (χ1v) is 8.18. The summed E-state index contributed by atoms with van der Waals surface area (Å²) in [4.78, 5) is 2.07. The van der Waals surface area contributed by atoms with Crippen LogP contribution in [0.1, 0.15) is 32.8 Å². The number of thiocarbonyl (C=S) groups is 1. The number of hydrogen-bond acceptors (Lipinski definition) is 4. The third-order valence-electron chi connectivity index (χ3n) is 3.39. The van der Waals surface area contributed by atoms with Gasteiger partial charge in [0.05, 0.1) is 0 Å². The second-order valence-corrected chi connectivity index (χ2v) is 7.93. The molecular weight excluding hydrogens is 304 g/mol. The van der Waals surface area contributed by atoms with E-state index in [9.17, 15) is 10.3 Å². The van der Waals surface area contributed by atoms with E-state index in [4.69, 9.17) is 12.2 Å². The van der Waals surface area contributed by atoms with Crippen LogP contribution in [0.5, 0.6) is 5.75 Å². The average molecular weight is 325 g/mol. The molecule has 0 aromatic heterocycles. The van der Waals surface area contributed by atoms with Gasteiger partial charge in [-0.05, 0) is 49.3 Å². The van der Waals surface area contributed by atoms with Crippen molar-refractivity contribution in [2.75, 3.05) is 6.54 Å². The molecular formula is C15H21N2O2S2+. The highest BCUT2D eigenvalue weighted by Crippen LogP contribution is 2.41. The molecule has 2 rings (SSSR count). The summed E-state index contributed by atoms with van der Waals surface area (Å²) in [6, 6.07) is 6.72. The minimum Gasteiger partial charge on any atom is -0.508 e. The number of hydrogen-bond donors (Lipinski definition) is 2. The molecule has 4 nitrogen and oxygen atoms in total. The SMILES string of the molecule is CCCN1C(=S)SC(C)(C)C1[N+](O)=Cc1ccc(O)cc1. The summed E-state index contributed by atoms with van der Waals surface area (Å²) in [5, 5.41) is 19.8. The Kier molecular flexibility index (Phi) is 4.78. The van der Waals surface area contributed by atoms with Crippen LogP contribution in [0.15, 0.2) is 24.3 Å². The van der Waals surface area contributed by atoms with E-state index in [1.807, 2.05) is 0 Å². The molecule has 114 valence electrons. The first kappa shape index (κ1) is 16.1. The van der Waals surface area contributed by atoms with Crippen molar-refractivity contribution in [3.8, 4) is 5.75 Å². The zero-order valence-corrected chi connectivity index (χ0v) is 14.1. The van der Waals surface area contributed by atoms with E-state index < -0.39 is 0 Å².